The Bertz CT molecular complexity index is 787. The standard InChI is InChI=1S/C17H19ClN4O2/c1-10-8-15(21-20-10)19-17(24)11(2)12-5-6-14(13(18)9-12)22-7-3-4-16(22)23/h5-6,8-9,11H,3-4,7H2,1-2H3,(H2,19,20,21,24). The molecule has 1 aliphatic heterocycles. The number of amides is 2. The predicted octanol–water partition coefficient (Wildman–Crippen LogP) is 3.24. The van der Waals surface area contributed by atoms with Crippen LogP contribution in [-0.2, 0) is 9.59 Å². The van der Waals surface area contributed by atoms with Gasteiger partial charge in [-0.1, -0.05) is 17.7 Å². The molecule has 0 radical (unpaired) electrons. The molecule has 24 heavy (non-hydrogen) atoms. The molecule has 2 aromatic rings. The highest BCUT2D eigenvalue weighted by atomic mass is 35.5. The van der Waals surface area contributed by atoms with Gasteiger partial charge in [-0.15, -0.1) is 0 Å². The minimum absolute atomic E-state index is 0.0874. The fraction of sp³-hybridized carbons (Fsp3) is 0.353. The molecular weight excluding hydrogens is 328 g/mol. The van der Waals surface area contributed by atoms with Gasteiger partial charge < -0.3 is 10.2 Å². The first kappa shape index (κ1) is 16.5. The molecule has 2 amide bonds. The van der Waals surface area contributed by atoms with Crippen LogP contribution >= 0.6 is 11.6 Å². The van der Waals surface area contributed by atoms with Gasteiger partial charge in [0.1, 0.15) is 0 Å². The van der Waals surface area contributed by atoms with E-state index in [0.29, 0.717) is 29.5 Å². The number of rotatable bonds is 4. The first-order valence-corrected chi connectivity index (χ1v) is 8.26. The summed E-state index contributed by atoms with van der Waals surface area (Å²) in [7, 11) is 0. The van der Waals surface area contributed by atoms with E-state index in [1.54, 1.807) is 24.0 Å². The number of aromatic amines is 1. The number of benzene rings is 1. The Kier molecular flexibility index (Phi) is 4.57. The highest BCUT2D eigenvalue weighted by Crippen LogP contribution is 2.32. The highest BCUT2D eigenvalue weighted by Gasteiger charge is 2.24. The lowest BCUT2D eigenvalue weighted by Gasteiger charge is -2.19. The van der Waals surface area contributed by atoms with Crippen molar-refractivity contribution in [3.05, 3.63) is 40.5 Å². The monoisotopic (exact) mass is 346 g/mol. The lowest BCUT2D eigenvalue weighted by atomic mass is 10.00. The number of hydrogen-bond donors (Lipinski definition) is 2. The minimum atomic E-state index is -0.386. The summed E-state index contributed by atoms with van der Waals surface area (Å²) in [5.74, 6) is 0.0319. The second-order valence-corrected chi connectivity index (χ2v) is 6.41. The molecule has 0 bridgehead atoms. The number of nitrogens with one attached hydrogen (secondary N) is 2. The smallest absolute Gasteiger partial charge is 0.232 e. The van der Waals surface area contributed by atoms with Gasteiger partial charge in [0.15, 0.2) is 5.82 Å². The van der Waals surface area contributed by atoms with E-state index in [4.69, 9.17) is 11.6 Å². The molecule has 7 heteroatoms. The van der Waals surface area contributed by atoms with Gasteiger partial charge in [0, 0.05) is 24.7 Å². The summed E-state index contributed by atoms with van der Waals surface area (Å²) in [4.78, 5) is 25.9. The molecule has 1 atom stereocenters. The van der Waals surface area contributed by atoms with Gasteiger partial charge in [-0.3, -0.25) is 14.7 Å². The van der Waals surface area contributed by atoms with E-state index in [0.717, 1.165) is 17.7 Å². The van der Waals surface area contributed by atoms with E-state index in [9.17, 15) is 9.59 Å². The van der Waals surface area contributed by atoms with Crippen LogP contribution in [0.15, 0.2) is 24.3 Å². The molecule has 2 heterocycles. The van der Waals surface area contributed by atoms with Crippen LogP contribution in [0.5, 0.6) is 0 Å². The van der Waals surface area contributed by atoms with Crippen molar-refractivity contribution in [3.63, 3.8) is 0 Å². The number of hydrogen-bond acceptors (Lipinski definition) is 3. The quantitative estimate of drug-likeness (QED) is 0.892. The van der Waals surface area contributed by atoms with Crippen molar-refractivity contribution >= 4 is 34.9 Å². The summed E-state index contributed by atoms with van der Waals surface area (Å²) in [6, 6.07) is 7.17. The summed E-state index contributed by atoms with van der Waals surface area (Å²) in [6.45, 7) is 4.36. The summed E-state index contributed by atoms with van der Waals surface area (Å²) in [6.07, 6.45) is 1.40. The van der Waals surface area contributed by atoms with Crippen molar-refractivity contribution in [3.8, 4) is 0 Å². The molecule has 1 aromatic heterocycles. The summed E-state index contributed by atoms with van der Waals surface area (Å²) in [5, 5.41) is 10.0. The number of nitrogens with zero attached hydrogens (tertiary/aromatic N) is 2. The van der Waals surface area contributed by atoms with Crippen molar-refractivity contribution < 1.29 is 9.59 Å². The van der Waals surface area contributed by atoms with E-state index in [2.05, 4.69) is 15.5 Å². The number of anilines is 2. The molecule has 0 spiro atoms. The highest BCUT2D eigenvalue weighted by molar-refractivity contribution is 6.34. The zero-order valence-electron chi connectivity index (χ0n) is 13.6. The predicted molar refractivity (Wildman–Crippen MR) is 93.4 cm³/mol. The van der Waals surface area contributed by atoms with Crippen molar-refractivity contribution in [1.82, 2.24) is 10.2 Å². The molecule has 0 saturated carbocycles. The summed E-state index contributed by atoms with van der Waals surface area (Å²) < 4.78 is 0. The maximum absolute atomic E-state index is 12.4. The Morgan fingerprint density at radius 1 is 1.42 bits per heavy atom. The molecule has 1 fully saturated rings. The molecule has 1 saturated heterocycles. The number of carbonyl (C=O) groups is 2. The lowest BCUT2D eigenvalue weighted by molar-refractivity contribution is -0.118. The van der Waals surface area contributed by atoms with Gasteiger partial charge >= 0.3 is 0 Å². The van der Waals surface area contributed by atoms with Gasteiger partial charge in [-0.25, -0.2) is 0 Å². The molecule has 3 rings (SSSR count). The molecule has 0 aliphatic carbocycles. The van der Waals surface area contributed by atoms with Crippen LogP contribution in [0.4, 0.5) is 11.5 Å². The van der Waals surface area contributed by atoms with E-state index in [-0.39, 0.29) is 17.7 Å². The lowest BCUT2D eigenvalue weighted by Crippen LogP contribution is -2.24. The third-order valence-corrected chi connectivity index (χ3v) is 4.49. The van der Waals surface area contributed by atoms with Gasteiger partial charge in [0.25, 0.3) is 0 Å². The Morgan fingerprint density at radius 3 is 2.79 bits per heavy atom. The zero-order chi connectivity index (χ0) is 17.3. The number of aromatic nitrogens is 2. The van der Waals surface area contributed by atoms with Crippen molar-refractivity contribution in [2.24, 2.45) is 0 Å². The average Bonchev–Trinajstić information content (AvgIpc) is 3.15. The third-order valence-electron chi connectivity index (χ3n) is 4.19. The Labute approximate surface area is 145 Å². The van der Waals surface area contributed by atoms with Crippen LogP contribution in [0.1, 0.15) is 36.9 Å². The minimum Gasteiger partial charge on any atom is -0.311 e. The first-order chi connectivity index (χ1) is 11.5. The van der Waals surface area contributed by atoms with Gasteiger partial charge in [-0.2, -0.15) is 5.10 Å². The van der Waals surface area contributed by atoms with Crippen molar-refractivity contribution in [2.75, 3.05) is 16.8 Å². The Balaban J connectivity index is 1.75. The molecule has 126 valence electrons. The summed E-state index contributed by atoms with van der Waals surface area (Å²) >= 11 is 6.34. The van der Waals surface area contributed by atoms with Crippen molar-refractivity contribution in [1.29, 1.82) is 0 Å². The van der Waals surface area contributed by atoms with Crippen LogP contribution in [0.25, 0.3) is 0 Å². The van der Waals surface area contributed by atoms with Crippen LogP contribution < -0.4 is 10.2 Å². The maximum atomic E-state index is 12.4. The third kappa shape index (κ3) is 3.28. The molecule has 2 N–H and O–H groups in total. The SMILES string of the molecule is Cc1cc(NC(=O)C(C)c2ccc(N3CCCC3=O)c(Cl)c2)n[nH]1. The van der Waals surface area contributed by atoms with Gasteiger partial charge in [-0.05, 0) is 38.0 Å². The molecule has 1 unspecified atom stereocenters. The normalized spacial score (nSPS) is 15.6. The second kappa shape index (κ2) is 6.65. The van der Waals surface area contributed by atoms with E-state index in [1.807, 2.05) is 19.1 Å². The molecular formula is C17H19ClN4O2. The number of halogens is 1. The summed E-state index contributed by atoms with van der Waals surface area (Å²) in [5.41, 5.74) is 2.37. The Morgan fingerprint density at radius 2 is 2.21 bits per heavy atom. The van der Waals surface area contributed by atoms with Crippen LogP contribution in [0.3, 0.4) is 0 Å². The van der Waals surface area contributed by atoms with Gasteiger partial charge in [0.05, 0.1) is 16.6 Å². The fourth-order valence-electron chi connectivity index (χ4n) is 2.78. The van der Waals surface area contributed by atoms with E-state index < -0.39 is 0 Å². The molecule has 1 aliphatic rings. The first-order valence-electron chi connectivity index (χ1n) is 7.88. The van der Waals surface area contributed by atoms with Crippen LogP contribution in [-0.4, -0.2) is 28.6 Å². The topological polar surface area (TPSA) is 78.1 Å². The number of H-pyrrole nitrogens is 1. The zero-order valence-corrected chi connectivity index (χ0v) is 14.4. The number of carbonyl (C=O) groups excluding carboxylic acids is 2. The van der Waals surface area contributed by atoms with E-state index >= 15 is 0 Å². The molecule has 1 aromatic carbocycles. The fourth-order valence-corrected chi connectivity index (χ4v) is 3.07. The average molecular weight is 347 g/mol. The van der Waals surface area contributed by atoms with Crippen LogP contribution in [0, 0.1) is 6.92 Å². The van der Waals surface area contributed by atoms with Crippen LogP contribution in [0.2, 0.25) is 5.02 Å². The Hall–Kier alpha value is -2.34. The maximum Gasteiger partial charge on any atom is 0.232 e. The molecule has 6 nitrogen and oxygen atoms in total. The van der Waals surface area contributed by atoms with E-state index in [1.165, 1.54) is 0 Å². The number of aryl methyl sites for hydroxylation is 1. The van der Waals surface area contributed by atoms with Gasteiger partial charge in [0.2, 0.25) is 11.8 Å². The second-order valence-electron chi connectivity index (χ2n) is 6.01. The van der Waals surface area contributed by atoms with Crippen molar-refractivity contribution in [2.45, 2.75) is 32.6 Å². The largest absolute Gasteiger partial charge is 0.311 e.